The molecular weight excluding hydrogens is 271 g/mol. The number of hydrogen-bond donors (Lipinski definition) is 1. The Hall–Kier alpha value is -0.920. The molecule has 0 radical (unpaired) electrons. The van der Waals surface area contributed by atoms with Crippen molar-refractivity contribution in [3.63, 3.8) is 0 Å². The number of nitrogens with zero attached hydrogens (tertiary/aromatic N) is 3. The van der Waals surface area contributed by atoms with Crippen LogP contribution in [0.4, 0.5) is 0 Å². The Kier molecular flexibility index (Phi) is 1.63. The fourth-order valence-electron chi connectivity index (χ4n) is 0.940. The van der Waals surface area contributed by atoms with Gasteiger partial charge in [0.25, 0.3) is 11.3 Å². The normalized spacial score (nSPS) is 10.8. The molecule has 2 rings (SSSR count). The van der Waals surface area contributed by atoms with Crippen LogP contribution in [0, 0.1) is 10.5 Å². The molecule has 12 heavy (non-hydrogen) atoms. The van der Waals surface area contributed by atoms with Crippen LogP contribution in [0.5, 0.6) is 0 Å². The highest BCUT2D eigenvalue weighted by Gasteiger charge is 2.06. The molecule has 0 aliphatic carbocycles. The van der Waals surface area contributed by atoms with Crippen LogP contribution >= 0.6 is 22.6 Å². The first-order chi connectivity index (χ1) is 5.70. The number of rotatable bonds is 0. The number of aromatic nitrogens is 4. The van der Waals surface area contributed by atoms with Gasteiger partial charge < -0.3 is 0 Å². The summed E-state index contributed by atoms with van der Waals surface area (Å²) in [7, 11) is 0. The molecule has 0 atom stereocenters. The van der Waals surface area contributed by atoms with Gasteiger partial charge in [-0.25, -0.2) is 9.97 Å². The van der Waals surface area contributed by atoms with Crippen molar-refractivity contribution < 1.29 is 0 Å². The van der Waals surface area contributed by atoms with E-state index < -0.39 is 0 Å². The van der Waals surface area contributed by atoms with E-state index in [-0.39, 0.29) is 5.56 Å². The molecule has 0 saturated heterocycles. The lowest BCUT2D eigenvalue weighted by molar-refractivity contribution is 0.878. The van der Waals surface area contributed by atoms with Gasteiger partial charge in [0, 0.05) is 0 Å². The highest BCUT2D eigenvalue weighted by atomic mass is 127. The number of halogens is 1. The lowest BCUT2D eigenvalue weighted by atomic mass is 10.4. The van der Waals surface area contributed by atoms with Crippen LogP contribution in [-0.2, 0) is 0 Å². The molecule has 0 unspecified atom stereocenters. The standard InChI is InChI=1S/C6H5IN4O/c1-3-4(7)5(12)11-6(10-3)8-2-9-11/h2H,1H3,(H,8,9,10). The van der Waals surface area contributed by atoms with Gasteiger partial charge in [0.1, 0.15) is 9.90 Å². The molecule has 5 nitrogen and oxygen atoms in total. The first kappa shape index (κ1) is 7.71. The number of H-pyrrole nitrogens is 1. The first-order valence-corrected chi connectivity index (χ1v) is 4.36. The Morgan fingerprint density at radius 2 is 2.42 bits per heavy atom. The minimum absolute atomic E-state index is 0.101. The van der Waals surface area contributed by atoms with Gasteiger partial charge in [-0.2, -0.15) is 4.52 Å². The molecule has 2 aromatic heterocycles. The molecule has 62 valence electrons. The maximum absolute atomic E-state index is 11.5. The van der Waals surface area contributed by atoms with Crippen molar-refractivity contribution in [3.8, 4) is 0 Å². The van der Waals surface area contributed by atoms with Gasteiger partial charge in [0.2, 0.25) is 0 Å². The third-order valence-corrected chi connectivity index (χ3v) is 2.79. The molecule has 0 spiro atoms. The predicted molar refractivity (Wildman–Crippen MR) is 51.1 cm³/mol. The Morgan fingerprint density at radius 1 is 1.67 bits per heavy atom. The summed E-state index contributed by atoms with van der Waals surface area (Å²) in [4.78, 5) is 19.4. The van der Waals surface area contributed by atoms with E-state index in [2.05, 4.69) is 15.1 Å². The summed E-state index contributed by atoms with van der Waals surface area (Å²) in [6.07, 6.45) is 1.44. The number of aromatic amines is 1. The lowest BCUT2D eigenvalue weighted by Crippen LogP contribution is -2.19. The molecule has 2 aromatic rings. The molecule has 0 bridgehead atoms. The highest BCUT2D eigenvalue weighted by Crippen LogP contribution is 2.02. The molecular formula is C6H5IN4O. The van der Waals surface area contributed by atoms with Gasteiger partial charge in [-0.05, 0) is 29.5 Å². The maximum atomic E-state index is 11.5. The zero-order valence-electron chi connectivity index (χ0n) is 6.21. The number of fused-ring (bicyclic) bond motifs is 1. The Bertz CT molecular complexity index is 486. The molecule has 6 heteroatoms. The van der Waals surface area contributed by atoms with E-state index in [4.69, 9.17) is 0 Å². The zero-order chi connectivity index (χ0) is 8.72. The summed E-state index contributed by atoms with van der Waals surface area (Å²) >= 11 is 1.97. The van der Waals surface area contributed by atoms with E-state index in [0.717, 1.165) is 0 Å². The van der Waals surface area contributed by atoms with E-state index in [0.29, 0.717) is 15.0 Å². The Morgan fingerprint density at radius 3 is 3.17 bits per heavy atom. The molecule has 0 aliphatic heterocycles. The summed E-state index contributed by atoms with van der Waals surface area (Å²) < 4.78 is 1.93. The van der Waals surface area contributed by atoms with Gasteiger partial charge in [0.05, 0.1) is 5.69 Å². The van der Waals surface area contributed by atoms with Crippen molar-refractivity contribution in [3.05, 3.63) is 25.9 Å². The fourth-order valence-corrected chi connectivity index (χ4v) is 1.30. The number of aryl methyl sites for hydroxylation is 1. The van der Waals surface area contributed by atoms with Crippen molar-refractivity contribution in [2.75, 3.05) is 0 Å². The molecule has 0 aromatic carbocycles. The van der Waals surface area contributed by atoms with Crippen LogP contribution in [0.15, 0.2) is 11.1 Å². The largest absolute Gasteiger partial charge is 0.287 e. The average molecular weight is 276 g/mol. The van der Waals surface area contributed by atoms with Crippen LogP contribution in [0.1, 0.15) is 5.69 Å². The number of nitrogens with one attached hydrogen (secondary N) is 1. The summed E-state index contributed by atoms with van der Waals surface area (Å²) in [5.41, 5.74) is 0.614. The minimum Gasteiger partial charge on any atom is -0.278 e. The van der Waals surface area contributed by atoms with Crippen LogP contribution in [-0.4, -0.2) is 19.6 Å². The Balaban J connectivity index is 3.05. The van der Waals surface area contributed by atoms with Gasteiger partial charge in [-0.15, -0.1) is 0 Å². The molecule has 0 saturated carbocycles. The predicted octanol–water partition coefficient (Wildman–Crippen LogP) is 0.331. The smallest absolute Gasteiger partial charge is 0.278 e. The summed E-state index contributed by atoms with van der Waals surface area (Å²) in [5.74, 6) is 0.415. The van der Waals surface area contributed by atoms with E-state index in [9.17, 15) is 4.79 Å². The van der Waals surface area contributed by atoms with Gasteiger partial charge in [-0.3, -0.25) is 9.89 Å². The second kappa shape index (κ2) is 2.54. The molecule has 1 N–H and O–H groups in total. The molecule has 0 amide bonds. The lowest BCUT2D eigenvalue weighted by Gasteiger charge is -1.95. The molecule has 0 aliphatic rings. The van der Waals surface area contributed by atoms with Crippen molar-refractivity contribution >= 4 is 28.4 Å². The molecule has 2 heterocycles. The summed E-state index contributed by atoms with van der Waals surface area (Å²) in [6.45, 7) is 1.79. The third kappa shape index (κ3) is 0.942. The highest BCUT2D eigenvalue weighted by molar-refractivity contribution is 14.1. The van der Waals surface area contributed by atoms with E-state index >= 15 is 0 Å². The van der Waals surface area contributed by atoms with E-state index in [1.807, 2.05) is 22.6 Å². The van der Waals surface area contributed by atoms with Crippen LogP contribution in [0.3, 0.4) is 0 Å². The van der Waals surface area contributed by atoms with Crippen LogP contribution in [0.2, 0.25) is 0 Å². The topological polar surface area (TPSA) is 63.1 Å². The van der Waals surface area contributed by atoms with Crippen molar-refractivity contribution in [1.82, 2.24) is 19.6 Å². The maximum Gasteiger partial charge on any atom is 0.287 e. The van der Waals surface area contributed by atoms with Gasteiger partial charge in [0.15, 0.2) is 0 Å². The zero-order valence-corrected chi connectivity index (χ0v) is 8.36. The average Bonchev–Trinajstić information content (AvgIpc) is 2.48. The minimum atomic E-state index is -0.101. The van der Waals surface area contributed by atoms with Crippen LogP contribution in [0.25, 0.3) is 5.78 Å². The fraction of sp³-hybridized carbons (Fsp3) is 0.167. The molecule has 0 fully saturated rings. The summed E-state index contributed by atoms with van der Waals surface area (Å²) in [6, 6.07) is 0. The van der Waals surface area contributed by atoms with Gasteiger partial charge in [-0.1, -0.05) is 0 Å². The van der Waals surface area contributed by atoms with E-state index in [1.54, 1.807) is 6.92 Å². The monoisotopic (exact) mass is 276 g/mol. The Labute approximate surface area is 81.0 Å². The van der Waals surface area contributed by atoms with Crippen LogP contribution < -0.4 is 5.56 Å². The van der Waals surface area contributed by atoms with Crippen molar-refractivity contribution in [2.24, 2.45) is 0 Å². The second-order valence-electron chi connectivity index (χ2n) is 2.34. The SMILES string of the molecule is Cc1nc2nc[nH]n2c(=O)c1I. The quantitative estimate of drug-likeness (QED) is 0.705. The van der Waals surface area contributed by atoms with E-state index in [1.165, 1.54) is 10.8 Å². The second-order valence-corrected chi connectivity index (χ2v) is 3.42. The number of hydrogen-bond acceptors (Lipinski definition) is 3. The third-order valence-electron chi connectivity index (χ3n) is 1.54. The first-order valence-electron chi connectivity index (χ1n) is 3.28. The summed E-state index contributed by atoms with van der Waals surface area (Å²) in [5, 5.41) is 2.68. The van der Waals surface area contributed by atoms with Crippen molar-refractivity contribution in [2.45, 2.75) is 6.92 Å². The van der Waals surface area contributed by atoms with Gasteiger partial charge >= 0.3 is 0 Å². The van der Waals surface area contributed by atoms with Crippen molar-refractivity contribution in [1.29, 1.82) is 0 Å².